The van der Waals surface area contributed by atoms with Crippen LogP contribution < -0.4 is 4.90 Å². The fourth-order valence-electron chi connectivity index (χ4n) is 2.29. The van der Waals surface area contributed by atoms with E-state index in [0.717, 1.165) is 31.7 Å². The predicted molar refractivity (Wildman–Crippen MR) is 69.7 cm³/mol. The second-order valence-electron chi connectivity index (χ2n) is 4.64. The van der Waals surface area contributed by atoms with Gasteiger partial charge in [0, 0.05) is 25.4 Å². The van der Waals surface area contributed by atoms with Crippen LogP contribution in [0, 0.1) is 6.92 Å². The van der Waals surface area contributed by atoms with E-state index in [1.165, 1.54) is 12.1 Å². The third-order valence-electron chi connectivity index (χ3n) is 3.38. The van der Waals surface area contributed by atoms with Crippen molar-refractivity contribution in [1.29, 1.82) is 0 Å². The predicted octanol–water partition coefficient (Wildman–Crippen LogP) is 2.71. The molecule has 0 radical (unpaired) electrons. The van der Waals surface area contributed by atoms with Crippen LogP contribution in [0.1, 0.15) is 25.3 Å². The summed E-state index contributed by atoms with van der Waals surface area (Å²) in [5, 5.41) is 9.54. The molecule has 1 N–H and O–H groups in total. The van der Waals surface area contributed by atoms with Crippen LogP contribution in [0.15, 0.2) is 18.2 Å². The van der Waals surface area contributed by atoms with Gasteiger partial charge in [-0.3, -0.25) is 0 Å². The maximum Gasteiger partial charge on any atom is 0.118 e. The minimum atomic E-state index is 0.363. The molecule has 1 aliphatic heterocycles. The van der Waals surface area contributed by atoms with Gasteiger partial charge in [-0.05, 0) is 50.5 Å². The third-order valence-corrected chi connectivity index (χ3v) is 3.38. The SMILES string of the molecule is CCN(CC1CCCO1)c1ccc(O)c(C)c1. The Kier molecular flexibility index (Phi) is 3.89. The molecule has 2 rings (SSSR count). The second-order valence-corrected chi connectivity index (χ2v) is 4.64. The molecule has 1 saturated heterocycles. The largest absolute Gasteiger partial charge is 0.508 e. The molecule has 1 unspecified atom stereocenters. The van der Waals surface area contributed by atoms with Crippen LogP contribution >= 0.6 is 0 Å². The van der Waals surface area contributed by atoms with Crippen molar-refractivity contribution in [3.8, 4) is 5.75 Å². The summed E-state index contributed by atoms with van der Waals surface area (Å²) < 4.78 is 5.67. The van der Waals surface area contributed by atoms with E-state index in [9.17, 15) is 5.11 Å². The molecule has 0 aromatic heterocycles. The first-order valence-electron chi connectivity index (χ1n) is 6.37. The summed E-state index contributed by atoms with van der Waals surface area (Å²) in [5.74, 6) is 0.363. The Balaban J connectivity index is 2.08. The van der Waals surface area contributed by atoms with Gasteiger partial charge in [0.1, 0.15) is 5.75 Å². The summed E-state index contributed by atoms with van der Waals surface area (Å²) in [7, 11) is 0. The molecule has 0 spiro atoms. The van der Waals surface area contributed by atoms with E-state index in [1.807, 2.05) is 19.1 Å². The highest BCUT2D eigenvalue weighted by molar-refractivity contribution is 5.52. The van der Waals surface area contributed by atoms with E-state index in [4.69, 9.17) is 4.74 Å². The van der Waals surface area contributed by atoms with Crippen molar-refractivity contribution in [2.45, 2.75) is 32.8 Å². The maximum atomic E-state index is 9.54. The zero-order chi connectivity index (χ0) is 12.3. The van der Waals surface area contributed by atoms with Gasteiger partial charge in [0.2, 0.25) is 0 Å². The fraction of sp³-hybridized carbons (Fsp3) is 0.571. The molecule has 1 atom stereocenters. The Morgan fingerprint density at radius 1 is 1.47 bits per heavy atom. The maximum absolute atomic E-state index is 9.54. The normalized spacial score (nSPS) is 19.5. The van der Waals surface area contributed by atoms with E-state index in [2.05, 4.69) is 11.8 Å². The first-order chi connectivity index (χ1) is 8.20. The van der Waals surface area contributed by atoms with Gasteiger partial charge in [-0.15, -0.1) is 0 Å². The van der Waals surface area contributed by atoms with Gasteiger partial charge in [0.15, 0.2) is 0 Å². The van der Waals surface area contributed by atoms with Gasteiger partial charge in [0.25, 0.3) is 0 Å². The highest BCUT2D eigenvalue weighted by atomic mass is 16.5. The van der Waals surface area contributed by atoms with Crippen LogP contribution in [0.5, 0.6) is 5.75 Å². The lowest BCUT2D eigenvalue weighted by Crippen LogP contribution is -2.31. The molecule has 1 aromatic rings. The van der Waals surface area contributed by atoms with Crippen LogP contribution in [0.25, 0.3) is 0 Å². The summed E-state index contributed by atoms with van der Waals surface area (Å²) >= 11 is 0. The average molecular weight is 235 g/mol. The van der Waals surface area contributed by atoms with Crippen LogP contribution in [-0.2, 0) is 4.74 Å². The van der Waals surface area contributed by atoms with Crippen LogP contribution in [0.4, 0.5) is 5.69 Å². The molecular formula is C14H21NO2. The van der Waals surface area contributed by atoms with Crippen LogP contribution in [0.2, 0.25) is 0 Å². The Bertz CT molecular complexity index is 372. The van der Waals surface area contributed by atoms with Crippen molar-refractivity contribution < 1.29 is 9.84 Å². The first-order valence-corrected chi connectivity index (χ1v) is 6.37. The monoisotopic (exact) mass is 235 g/mol. The van der Waals surface area contributed by atoms with Gasteiger partial charge in [0.05, 0.1) is 6.10 Å². The molecule has 0 bridgehead atoms. The summed E-state index contributed by atoms with van der Waals surface area (Å²) in [5.41, 5.74) is 2.09. The molecular weight excluding hydrogens is 214 g/mol. The van der Waals surface area contributed by atoms with Crippen molar-refractivity contribution >= 4 is 5.69 Å². The molecule has 1 fully saturated rings. The van der Waals surface area contributed by atoms with Crippen molar-refractivity contribution in [2.75, 3.05) is 24.6 Å². The van der Waals surface area contributed by atoms with Crippen molar-refractivity contribution in [1.82, 2.24) is 0 Å². The van der Waals surface area contributed by atoms with Crippen molar-refractivity contribution in [2.24, 2.45) is 0 Å². The molecule has 0 aliphatic carbocycles. The number of benzene rings is 1. The molecule has 3 nitrogen and oxygen atoms in total. The van der Waals surface area contributed by atoms with Gasteiger partial charge in [-0.1, -0.05) is 0 Å². The van der Waals surface area contributed by atoms with E-state index in [0.29, 0.717) is 11.9 Å². The quantitative estimate of drug-likeness (QED) is 0.871. The summed E-state index contributed by atoms with van der Waals surface area (Å²) in [6.07, 6.45) is 2.70. The van der Waals surface area contributed by atoms with Crippen molar-refractivity contribution in [3.05, 3.63) is 23.8 Å². The number of hydrogen-bond acceptors (Lipinski definition) is 3. The zero-order valence-corrected chi connectivity index (χ0v) is 10.6. The Labute approximate surface area is 103 Å². The molecule has 94 valence electrons. The topological polar surface area (TPSA) is 32.7 Å². The lowest BCUT2D eigenvalue weighted by Gasteiger charge is -2.26. The molecule has 0 amide bonds. The number of aryl methyl sites for hydroxylation is 1. The number of phenolic OH excluding ortho intramolecular Hbond substituents is 1. The number of nitrogens with zero attached hydrogens (tertiary/aromatic N) is 1. The summed E-state index contributed by atoms with van der Waals surface area (Å²) in [6.45, 7) is 6.89. The summed E-state index contributed by atoms with van der Waals surface area (Å²) in [6, 6.07) is 5.78. The van der Waals surface area contributed by atoms with Gasteiger partial charge >= 0.3 is 0 Å². The second kappa shape index (κ2) is 5.41. The zero-order valence-electron chi connectivity index (χ0n) is 10.6. The first kappa shape index (κ1) is 12.2. The Morgan fingerprint density at radius 3 is 2.88 bits per heavy atom. The lowest BCUT2D eigenvalue weighted by atomic mass is 10.1. The third kappa shape index (κ3) is 2.91. The molecule has 3 heteroatoms. The number of hydrogen-bond donors (Lipinski definition) is 1. The number of phenols is 1. The average Bonchev–Trinajstić information content (AvgIpc) is 2.82. The van der Waals surface area contributed by atoms with Crippen molar-refractivity contribution in [3.63, 3.8) is 0 Å². The molecule has 1 aromatic carbocycles. The van der Waals surface area contributed by atoms with Gasteiger partial charge < -0.3 is 14.7 Å². The number of ether oxygens (including phenoxy) is 1. The van der Waals surface area contributed by atoms with E-state index in [1.54, 1.807) is 6.07 Å². The Hall–Kier alpha value is -1.22. The van der Waals surface area contributed by atoms with Gasteiger partial charge in [-0.2, -0.15) is 0 Å². The number of rotatable bonds is 4. The number of aromatic hydroxyl groups is 1. The lowest BCUT2D eigenvalue weighted by molar-refractivity contribution is 0.115. The van der Waals surface area contributed by atoms with E-state index >= 15 is 0 Å². The minimum Gasteiger partial charge on any atom is -0.508 e. The van der Waals surface area contributed by atoms with Crippen LogP contribution in [0.3, 0.4) is 0 Å². The van der Waals surface area contributed by atoms with Gasteiger partial charge in [-0.25, -0.2) is 0 Å². The standard InChI is InChI=1S/C14H21NO2/c1-3-15(10-13-5-4-8-17-13)12-6-7-14(16)11(2)9-12/h6-7,9,13,16H,3-5,8,10H2,1-2H3. The molecule has 1 aliphatic rings. The molecule has 17 heavy (non-hydrogen) atoms. The molecule has 1 heterocycles. The highest BCUT2D eigenvalue weighted by Crippen LogP contribution is 2.24. The smallest absolute Gasteiger partial charge is 0.118 e. The summed E-state index contributed by atoms with van der Waals surface area (Å²) in [4.78, 5) is 2.31. The van der Waals surface area contributed by atoms with E-state index < -0.39 is 0 Å². The number of likely N-dealkylation sites (N-methyl/N-ethyl adjacent to an activating group) is 1. The minimum absolute atomic E-state index is 0.363. The molecule has 0 saturated carbocycles. The highest BCUT2D eigenvalue weighted by Gasteiger charge is 2.18. The van der Waals surface area contributed by atoms with Crippen LogP contribution in [-0.4, -0.2) is 30.9 Å². The number of anilines is 1. The fourth-order valence-corrected chi connectivity index (χ4v) is 2.29. The van der Waals surface area contributed by atoms with E-state index in [-0.39, 0.29) is 0 Å². The Morgan fingerprint density at radius 2 is 2.29 bits per heavy atom.